The van der Waals surface area contributed by atoms with E-state index in [9.17, 15) is 9.59 Å². The molecule has 0 spiro atoms. The summed E-state index contributed by atoms with van der Waals surface area (Å²) >= 11 is 0. The van der Waals surface area contributed by atoms with Gasteiger partial charge in [0, 0.05) is 48.2 Å². The normalized spacial score (nSPS) is 16.4. The average Bonchev–Trinajstić information content (AvgIpc) is 2.99. The molecule has 2 heterocycles. The number of fused-ring (bicyclic) bond motifs is 2. The number of anilines is 1. The molecule has 3 aromatic rings. The molecule has 0 saturated heterocycles. The van der Waals surface area contributed by atoms with Crippen LogP contribution in [-0.2, 0) is 16.0 Å². The maximum absolute atomic E-state index is 12.6. The fraction of sp³-hybridized carbons (Fsp3) is 0.273. The van der Waals surface area contributed by atoms with E-state index in [0.717, 1.165) is 33.4 Å². The van der Waals surface area contributed by atoms with Crippen molar-refractivity contribution in [3.05, 3.63) is 65.4 Å². The zero-order valence-corrected chi connectivity index (χ0v) is 15.6. The zero-order chi connectivity index (χ0) is 19.0. The van der Waals surface area contributed by atoms with Crippen molar-refractivity contribution in [2.75, 3.05) is 18.5 Å². The highest BCUT2D eigenvalue weighted by atomic mass is 16.2. The number of rotatable bonds is 4. The van der Waals surface area contributed by atoms with Crippen LogP contribution in [0.4, 0.5) is 5.69 Å². The van der Waals surface area contributed by atoms with Gasteiger partial charge in [0.1, 0.15) is 0 Å². The summed E-state index contributed by atoms with van der Waals surface area (Å²) in [6.07, 6.45) is 0.748. The summed E-state index contributed by atoms with van der Waals surface area (Å²) in [5, 5.41) is 4.12. The van der Waals surface area contributed by atoms with Crippen molar-refractivity contribution in [3.63, 3.8) is 0 Å². The van der Waals surface area contributed by atoms with Crippen molar-refractivity contribution in [1.29, 1.82) is 0 Å². The van der Waals surface area contributed by atoms with Gasteiger partial charge in [0.05, 0.1) is 6.42 Å². The molecule has 1 aliphatic rings. The molecular weight excluding hydrogens is 338 g/mol. The van der Waals surface area contributed by atoms with Crippen LogP contribution < -0.4 is 10.2 Å². The second kappa shape index (κ2) is 6.91. The van der Waals surface area contributed by atoms with Crippen LogP contribution >= 0.6 is 0 Å². The van der Waals surface area contributed by atoms with E-state index in [4.69, 9.17) is 0 Å². The van der Waals surface area contributed by atoms with E-state index in [1.807, 2.05) is 55.5 Å². The number of carbonyl (C=O) groups is 2. The number of nitrogens with one attached hydrogen (secondary N) is 2. The first-order valence-electron chi connectivity index (χ1n) is 9.23. The number of aromatic nitrogens is 1. The van der Waals surface area contributed by atoms with Gasteiger partial charge in [-0.15, -0.1) is 0 Å². The second-order valence-electron chi connectivity index (χ2n) is 7.17. The van der Waals surface area contributed by atoms with Gasteiger partial charge in [-0.1, -0.05) is 36.4 Å². The van der Waals surface area contributed by atoms with Crippen LogP contribution in [-0.4, -0.2) is 30.4 Å². The molecule has 4 rings (SSSR count). The van der Waals surface area contributed by atoms with E-state index in [0.29, 0.717) is 19.4 Å². The lowest BCUT2D eigenvalue weighted by atomic mass is 9.89. The molecule has 1 aromatic heterocycles. The van der Waals surface area contributed by atoms with E-state index < -0.39 is 0 Å². The quantitative estimate of drug-likeness (QED) is 0.749. The maximum Gasteiger partial charge on any atom is 0.227 e. The molecule has 138 valence electrons. The molecule has 5 heteroatoms. The molecule has 0 saturated carbocycles. The third kappa shape index (κ3) is 3.21. The van der Waals surface area contributed by atoms with Gasteiger partial charge in [0.2, 0.25) is 11.8 Å². The summed E-state index contributed by atoms with van der Waals surface area (Å²) in [5.74, 6) is 0.0741. The average molecular weight is 361 g/mol. The third-order valence-electron chi connectivity index (χ3n) is 5.44. The van der Waals surface area contributed by atoms with Gasteiger partial charge >= 0.3 is 0 Å². The summed E-state index contributed by atoms with van der Waals surface area (Å²) in [5.41, 5.74) is 5.14. The van der Waals surface area contributed by atoms with Crippen LogP contribution in [0.25, 0.3) is 10.9 Å². The van der Waals surface area contributed by atoms with Gasteiger partial charge < -0.3 is 15.2 Å². The van der Waals surface area contributed by atoms with E-state index in [-0.39, 0.29) is 17.7 Å². The highest BCUT2D eigenvalue weighted by Gasteiger charge is 2.29. The molecule has 0 aliphatic carbocycles. The van der Waals surface area contributed by atoms with Crippen molar-refractivity contribution in [2.45, 2.75) is 25.7 Å². The first kappa shape index (κ1) is 17.3. The van der Waals surface area contributed by atoms with E-state index >= 15 is 0 Å². The van der Waals surface area contributed by atoms with E-state index in [1.54, 1.807) is 11.9 Å². The molecule has 5 nitrogen and oxygen atoms in total. The molecule has 27 heavy (non-hydrogen) atoms. The number of amides is 2. The van der Waals surface area contributed by atoms with Gasteiger partial charge in [-0.3, -0.25) is 9.59 Å². The second-order valence-corrected chi connectivity index (χ2v) is 7.17. The molecule has 2 amide bonds. The number of H-pyrrole nitrogens is 1. The molecule has 2 aromatic carbocycles. The Morgan fingerprint density at radius 2 is 1.93 bits per heavy atom. The van der Waals surface area contributed by atoms with Gasteiger partial charge in [0.25, 0.3) is 0 Å². The first-order chi connectivity index (χ1) is 13.0. The number of hydrogen-bond donors (Lipinski definition) is 2. The highest BCUT2D eigenvalue weighted by molar-refractivity contribution is 5.97. The Morgan fingerprint density at radius 3 is 2.78 bits per heavy atom. The lowest BCUT2D eigenvalue weighted by Gasteiger charge is -2.31. The molecule has 0 bridgehead atoms. The van der Waals surface area contributed by atoms with Crippen molar-refractivity contribution in [1.82, 2.24) is 10.3 Å². The minimum Gasteiger partial charge on any atom is -0.358 e. The number of aryl methyl sites for hydroxylation is 1. The minimum atomic E-state index is -0.0216. The van der Waals surface area contributed by atoms with Gasteiger partial charge in [-0.05, 0) is 30.2 Å². The molecule has 0 unspecified atom stereocenters. The van der Waals surface area contributed by atoms with Crippen molar-refractivity contribution >= 4 is 28.4 Å². The van der Waals surface area contributed by atoms with E-state index in [2.05, 4.69) is 10.3 Å². The van der Waals surface area contributed by atoms with Crippen LogP contribution in [0.15, 0.2) is 48.5 Å². The zero-order valence-electron chi connectivity index (χ0n) is 15.6. The Labute approximate surface area is 158 Å². The number of benzene rings is 2. The summed E-state index contributed by atoms with van der Waals surface area (Å²) in [4.78, 5) is 29.9. The molecule has 1 aliphatic heterocycles. The summed E-state index contributed by atoms with van der Waals surface area (Å²) < 4.78 is 0. The first-order valence-corrected chi connectivity index (χ1v) is 9.23. The van der Waals surface area contributed by atoms with Gasteiger partial charge in [0.15, 0.2) is 0 Å². The maximum atomic E-state index is 12.6. The van der Waals surface area contributed by atoms with Crippen molar-refractivity contribution < 1.29 is 9.59 Å². The van der Waals surface area contributed by atoms with Crippen LogP contribution in [0.3, 0.4) is 0 Å². The highest BCUT2D eigenvalue weighted by Crippen LogP contribution is 2.34. The SMILES string of the molecule is Cc1[nH]c2ccccc2c1CC(=O)NC[C@@H]1CC(=O)N(C)c2ccccc21. The minimum absolute atomic E-state index is 0.0120. The molecular formula is C22H23N3O2. The molecule has 0 radical (unpaired) electrons. The monoisotopic (exact) mass is 361 g/mol. The summed E-state index contributed by atoms with van der Waals surface area (Å²) in [7, 11) is 1.80. The lowest BCUT2D eigenvalue weighted by molar-refractivity contribution is -0.121. The topological polar surface area (TPSA) is 65.2 Å². The Balaban J connectivity index is 1.47. The fourth-order valence-electron chi connectivity index (χ4n) is 3.93. The predicted octanol–water partition coefficient (Wildman–Crippen LogP) is 3.29. The largest absolute Gasteiger partial charge is 0.358 e. The number of aromatic amines is 1. The number of nitrogens with zero attached hydrogens (tertiary/aromatic N) is 1. The lowest BCUT2D eigenvalue weighted by Crippen LogP contribution is -2.38. The van der Waals surface area contributed by atoms with Gasteiger partial charge in [-0.25, -0.2) is 0 Å². The standard InChI is InChI=1S/C22H23N3O2/c1-14-18(17-8-3-5-9-19(17)24-14)12-21(26)23-13-15-11-22(27)25(2)20-10-6-4-7-16(15)20/h3-10,15,24H,11-13H2,1-2H3,(H,23,26)/t15-/m0/s1. The van der Waals surface area contributed by atoms with Crippen molar-refractivity contribution in [2.24, 2.45) is 0 Å². The Kier molecular flexibility index (Phi) is 4.44. The number of para-hydroxylation sites is 2. The number of hydrogen-bond acceptors (Lipinski definition) is 2. The third-order valence-corrected chi connectivity index (χ3v) is 5.44. The molecule has 0 fully saturated rings. The summed E-state index contributed by atoms with van der Waals surface area (Å²) in [6.45, 7) is 2.46. The van der Waals surface area contributed by atoms with Crippen LogP contribution in [0, 0.1) is 6.92 Å². The van der Waals surface area contributed by atoms with Crippen molar-refractivity contribution in [3.8, 4) is 0 Å². The summed E-state index contributed by atoms with van der Waals surface area (Å²) in [6, 6.07) is 15.9. The smallest absolute Gasteiger partial charge is 0.227 e. The van der Waals surface area contributed by atoms with Gasteiger partial charge in [-0.2, -0.15) is 0 Å². The van der Waals surface area contributed by atoms with Crippen LogP contribution in [0.1, 0.15) is 29.2 Å². The van der Waals surface area contributed by atoms with E-state index in [1.165, 1.54) is 0 Å². The van der Waals surface area contributed by atoms with Crippen LogP contribution in [0.2, 0.25) is 0 Å². The fourth-order valence-corrected chi connectivity index (χ4v) is 3.93. The molecule has 1 atom stereocenters. The predicted molar refractivity (Wildman–Crippen MR) is 107 cm³/mol. The Bertz CT molecular complexity index is 1020. The molecule has 2 N–H and O–H groups in total. The Morgan fingerprint density at radius 1 is 1.19 bits per heavy atom. The number of carbonyl (C=O) groups excluding carboxylic acids is 2. The van der Waals surface area contributed by atoms with Crippen LogP contribution in [0.5, 0.6) is 0 Å². The Hall–Kier alpha value is -3.08.